The van der Waals surface area contributed by atoms with Gasteiger partial charge in [0.05, 0.1) is 24.9 Å². The molecule has 0 radical (unpaired) electrons. The summed E-state index contributed by atoms with van der Waals surface area (Å²) in [4.78, 5) is 53.9. The topological polar surface area (TPSA) is 104 Å². The number of alkyl halides is 2. The molecule has 4 aliphatic heterocycles. The number of imidazole rings is 2. The molecule has 4 aliphatic rings. The fourth-order valence-corrected chi connectivity index (χ4v) is 11.5. The molecule has 10 nitrogen and oxygen atoms in total. The molecule has 2 N–H and O–H groups in total. The van der Waals surface area contributed by atoms with Crippen LogP contribution in [-0.2, 0) is 20.7 Å². The summed E-state index contributed by atoms with van der Waals surface area (Å²) in [5.74, 6) is -0.402. The fourth-order valence-electron chi connectivity index (χ4n) is 11.5. The molecule has 0 spiro atoms. The van der Waals surface area contributed by atoms with Crippen molar-refractivity contribution in [2.24, 2.45) is 0 Å². The quantitative estimate of drug-likeness (QED) is 0.122. The minimum absolute atomic E-state index is 0.0462. The summed E-state index contributed by atoms with van der Waals surface area (Å²) < 4.78 is 32.9. The van der Waals surface area contributed by atoms with Crippen molar-refractivity contribution in [1.29, 1.82) is 0 Å². The molecule has 8 atom stereocenters. The standard InChI is InChI=1S/C50H52F2N8O2/c1-5-57(6-2)43(33-15-11-9-12-16-33)45(61)59-29-37(51)41-39-27-53-47(55-39)49(41,59)35-23-19-31(20-24-35)32-21-25-36(26-22-32)50-42(40-28-54-48(50)56-40)38(52)30-60(50)46(62)44(58(7-3)8-4)34-17-13-10-14-18-34/h9-28,37-38,41-44H,5-8,29-30H2,1-4H3,(H,53,55)(H,54,56)/t37-,38-,41?,42?,43-,44-,49-,50-/m1/s1. The molecule has 12 heteroatoms. The Kier molecular flexibility index (Phi) is 9.98. The maximum Gasteiger partial charge on any atom is 0.245 e. The van der Waals surface area contributed by atoms with E-state index in [4.69, 9.17) is 9.97 Å². The molecule has 4 bridgehead atoms. The Bertz CT molecular complexity index is 2400. The monoisotopic (exact) mass is 834 g/mol. The predicted molar refractivity (Wildman–Crippen MR) is 234 cm³/mol. The molecule has 2 aromatic heterocycles. The van der Waals surface area contributed by atoms with Crippen LogP contribution in [0.1, 0.15) is 96.9 Å². The van der Waals surface area contributed by atoms with Crippen LogP contribution in [0.15, 0.2) is 122 Å². The third-order valence-electron chi connectivity index (χ3n) is 14.3. The van der Waals surface area contributed by atoms with Crippen LogP contribution in [0.3, 0.4) is 0 Å². The van der Waals surface area contributed by atoms with E-state index in [2.05, 4.69) is 19.8 Å². The first-order chi connectivity index (χ1) is 30.2. The average Bonchev–Trinajstić information content (AvgIpc) is 4.18. The first-order valence-electron chi connectivity index (χ1n) is 22.0. The smallest absolute Gasteiger partial charge is 0.245 e. The zero-order chi connectivity index (χ0) is 42.9. The number of amides is 2. The van der Waals surface area contributed by atoms with Gasteiger partial charge in [-0.15, -0.1) is 0 Å². The Labute approximate surface area is 361 Å². The lowest BCUT2D eigenvalue weighted by Crippen LogP contribution is -2.52. The van der Waals surface area contributed by atoms with Crippen LogP contribution in [0.5, 0.6) is 0 Å². The van der Waals surface area contributed by atoms with Crippen LogP contribution < -0.4 is 0 Å². The van der Waals surface area contributed by atoms with Gasteiger partial charge in [0, 0.05) is 23.8 Å². The van der Waals surface area contributed by atoms with Gasteiger partial charge in [-0.05, 0) is 59.6 Å². The van der Waals surface area contributed by atoms with Gasteiger partial charge in [-0.2, -0.15) is 0 Å². The van der Waals surface area contributed by atoms with Crippen molar-refractivity contribution in [3.8, 4) is 11.1 Å². The number of H-pyrrole nitrogens is 2. The molecule has 10 rings (SSSR count). The number of benzene rings is 4. The molecule has 6 aromatic rings. The minimum Gasteiger partial charge on any atom is -0.343 e. The van der Waals surface area contributed by atoms with Crippen LogP contribution in [0, 0.1) is 0 Å². The summed E-state index contributed by atoms with van der Waals surface area (Å²) >= 11 is 0. The molecule has 2 unspecified atom stereocenters. The third-order valence-corrected chi connectivity index (χ3v) is 14.3. The largest absolute Gasteiger partial charge is 0.343 e. The second-order valence-corrected chi connectivity index (χ2v) is 17.0. The van der Waals surface area contributed by atoms with Crippen LogP contribution in [0.25, 0.3) is 11.1 Å². The zero-order valence-corrected chi connectivity index (χ0v) is 35.5. The maximum atomic E-state index is 16.5. The molecule has 318 valence electrons. The molecular formula is C50H52F2N8O2. The average molecular weight is 835 g/mol. The fraction of sp³-hybridized carbons (Fsp3) is 0.360. The van der Waals surface area contributed by atoms with Crippen LogP contribution in [0.4, 0.5) is 8.78 Å². The number of hydrogen-bond acceptors (Lipinski definition) is 6. The normalized spacial score (nSPS) is 25.4. The van der Waals surface area contributed by atoms with Crippen molar-refractivity contribution in [2.45, 2.75) is 75.0 Å². The lowest BCUT2D eigenvalue weighted by atomic mass is 9.76. The Morgan fingerprint density at radius 1 is 0.597 bits per heavy atom. The van der Waals surface area contributed by atoms with Gasteiger partial charge in [0.25, 0.3) is 0 Å². The predicted octanol–water partition coefficient (Wildman–Crippen LogP) is 8.01. The van der Waals surface area contributed by atoms with Crippen molar-refractivity contribution in [1.82, 2.24) is 39.5 Å². The van der Waals surface area contributed by atoms with E-state index in [0.29, 0.717) is 49.2 Å². The van der Waals surface area contributed by atoms with Gasteiger partial charge in [-0.1, -0.05) is 137 Å². The number of carbonyl (C=O) groups excluding carboxylic acids is 2. The number of nitrogens with one attached hydrogen (secondary N) is 2. The van der Waals surface area contributed by atoms with E-state index in [1.54, 1.807) is 22.2 Å². The highest BCUT2D eigenvalue weighted by Crippen LogP contribution is 2.59. The van der Waals surface area contributed by atoms with E-state index in [9.17, 15) is 0 Å². The number of rotatable bonds is 13. The minimum atomic E-state index is -1.30. The second kappa shape index (κ2) is 15.4. The summed E-state index contributed by atoms with van der Waals surface area (Å²) in [5.41, 5.74) is 4.25. The van der Waals surface area contributed by atoms with Gasteiger partial charge < -0.3 is 19.8 Å². The van der Waals surface area contributed by atoms with Crippen molar-refractivity contribution in [3.63, 3.8) is 0 Å². The van der Waals surface area contributed by atoms with Crippen molar-refractivity contribution in [3.05, 3.63) is 167 Å². The second-order valence-electron chi connectivity index (χ2n) is 17.0. The molecule has 2 amide bonds. The number of aromatic nitrogens is 4. The molecule has 0 saturated carbocycles. The van der Waals surface area contributed by atoms with Crippen LogP contribution in [0.2, 0.25) is 0 Å². The highest BCUT2D eigenvalue weighted by Gasteiger charge is 2.66. The lowest BCUT2D eigenvalue weighted by Gasteiger charge is -2.42. The van der Waals surface area contributed by atoms with E-state index < -0.39 is 47.3 Å². The highest BCUT2D eigenvalue weighted by atomic mass is 19.1. The number of aromatic amines is 2. The van der Waals surface area contributed by atoms with Crippen molar-refractivity contribution in [2.75, 3.05) is 39.3 Å². The van der Waals surface area contributed by atoms with Gasteiger partial charge in [-0.25, -0.2) is 18.7 Å². The van der Waals surface area contributed by atoms with Gasteiger partial charge in [0.2, 0.25) is 11.8 Å². The summed E-state index contributed by atoms with van der Waals surface area (Å²) in [5, 5.41) is 0. The summed E-state index contributed by atoms with van der Waals surface area (Å²) in [7, 11) is 0. The number of halogens is 2. The SMILES string of the molecule is CCN(CC)[C@@H](C(=O)N1C[C@@H](F)C2c3cnc([nH]3)[C@@]21c1ccc(-c2ccc([C@]34c5ncc([nH]5)C3[C@H](F)CN4C(=O)[C@@H](c3ccccc3)N(CC)CC)cc2)cc1)c1ccccc1. The number of fused-ring (bicyclic) bond motifs is 10. The van der Waals surface area contributed by atoms with Gasteiger partial charge in [-0.3, -0.25) is 19.4 Å². The summed E-state index contributed by atoms with van der Waals surface area (Å²) in [6.07, 6.45) is 0.800. The maximum absolute atomic E-state index is 16.5. The lowest BCUT2D eigenvalue weighted by molar-refractivity contribution is -0.142. The van der Waals surface area contributed by atoms with E-state index in [1.807, 2.05) is 137 Å². The molecule has 4 aromatic carbocycles. The van der Waals surface area contributed by atoms with Crippen LogP contribution in [-0.4, -0.2) is 103 Å². The number of nitrogens with zero attached hydrogens (tertiary/aromatic N) is 6. The number of carbonyl (C=O) groups is 2. The molecular weight excluding hydrogens is 783 g/mol. The number of likely N-dealkylation sites (tertiary alicyclic amines) is 2. The summed E-state index contributed by atoms with van der Waals surface area (Å²) in [6.45, 7) is 10.7. The van der Waals surface area contributed by atoms with Crippen molar-refractivity contribution < 1.29 is 18.4 Å². The summed E-state index contributed by atoms with van der Waals surface area (Å²) in [6, 6.07) is 34.3. The van der Waals surface area contributed by atoms with E-state index in [-0.39, 0.29) is 24.9 Å². The number of likely N-dealkylation sites (N-methyl/N-ethyl adjacent to an activating group) is 2. The highest BCUT2D eigenvalue weighted by molar-refractivity contribution is 5.87. The van der Waals surface area contributed by atoms with E-state index >= 15 is 18.4 Å². The zero-order valence-electron chi connectivity index (χ0n) is 35.5. The van der Waals surface area contributed by atoms with Gasteiger partial charge >= 0.3 is 0 Å². The van der Waals surface area contributed by atoms with E-state index in [1.165, 1.54) is 0 Å². The molecule has 2 saturated heterocycles. The molecule has 6 heterocycles. The van der Waals surface area contributed by atoms with Crippen LogP contribution >= 0.6 is 0 Å². The van der Waals surface area contributed by atoms with Crippen molar-refractivity contribution >= 4 is 11.8 Å². The van der Waals surface area contributed by atoms with E-state index in [0.717, 1.165) is 33.4 Å². The Morgan fingerprint density at radius 2 is 0.952 bits per heavy atom. The van der Waals surface area contributed by atoms with Gasteiger partial charge in [0.1, 0.15) is 47.2 Å². The first-order valence-corrected chi connectivity index (χ1v) is 22.0. The van der Waals surface area contributed by atoms with Gasteiger partial charge in [0.15, 0.2) is 0 Å². The third kappa shape index (κ3) is 5.64. The Hall–Kier alpha value is -5.98. The first kappa shape index (κ1) is 40.1. The molecule has 2 fully saturated rings. The molecule has 62 heavy (non-hydrogen) atoms. The Morgan fingerprint density at radius 3 is 1.29 bits per heavy atom. The molecule has 0 aliphatic carbocycles. The Balaban J connectivity index is 1.00. The number of hydrogen-bond donors (Lipinski definition) is 2.